The molecule has 0 aliphatic carbocycles. The van der Waals surface area contributed by atoms with Crippen LogP contribution in [0.4, 0.5) is 8.78 Å². The summed E-state index contributed by atoms with van der Waals surface area (Å²) in [6, 6.07) is 13.9. The molecule has 176 valence electrons. The normalized spacial score (nSPS) is 11.4. The first kappa shape index (κ1) is 23.2. The summed E-state index contributed by atoms with van der Waals surface area (Å²) in [5.41, 5.74) is 1.14. The molecule has 1 aromatic carbocycles. The van der Waals surface area contributed by atoms with Crippen molar-refractivity contribution in [2.24, 2.45) is 0 Å². The Balaban J connectivity index is 1.98. The van der Waals surface area contributed by atoms with E-state index in [1.54, 1.807) is 35.0 Å². The van der Waals surface area contributed by atoms with E-state index in [2.05, 4.69) is 9.72 Å². The molecule has 3 heterocycles. The van der Waals surface area contributed by atoms with Crippen LogP contribution >= 0.6 is 0 Å². The van der Waals surface area contributed by atoms with Gasteiger partial charge < -0.3 is 14.0 Å². The maximum absolute atomic E-state index is 13.7. The van der Waals surface area contributed by atoms with E-state index in [9.17, 15) is 18.4 Å². The van der Waals surface area contributed by atoms with Gasteiger partial charge in [-0.2, -0.15) is 13.8 Å². The summed E-state index contributed by atoms with van der Waals surface area (Å²) < 4.78 is 38.0. The standard InChI is InChI=1S/C25H23F2N3O4/c1-4-33-21-11-5-16-13-20(17-6-12-22(31)29(14-17)15(2)3)24(32)30(23(16)28-21)18-7-9-19(10-8-18)34-25(26)27/h5-15,25H,4H2,1-3H3. The average molecular weight is 467 g/mol. The minimum atomic E-state index is -2.95. The molecule has 0 fully saturated rings. The van der Waals surface area contributed by atoms with E-state index in [0.29, 0.717) is 40.3 Å². The Bertz CT molecular complexity index is 1440. The number of benzene rings is 1. The van der Waals surface area contributed by atoms with Crippen molar-refractivity contribution >= 4 is 11.0 Å². The number of alkyl halides is 2. The first-order valence-electron chi connectivity index (χ1n) is 10.8. The summed E-state index contributed by atoms with van der Waals surface area (Å²) >= 11 is 0. The molecule has 0 saturated carbocycles. The lowest BCUT2D eigenvalue weighted by molar-refractivity contribution is -0.0498. The minimum absolute atomic E-state index is 0.0285. The molecule has 4 aromatic rings. The molecule has 34 heavy (non-hydrogen) atoms. The molecule has 0 aliphatic heterocycles. The van der Waals surface area contributed by atoms with Crippen LogP contribution in [0.5, 0.6) is 11.6 Å². The fourth-order valence-electron chi connectivity index (χ4n) is 3.69. The van der Waals surface area contributed by atoms with Crippen molar-refractivity contribution in [2.75, 3.05) is 6.61 Å². The number of hydrogen-bond acceptors (Lipinski definition) is 5. The van der Waals surface area contributed by atoms with Gasteiger partial charge in [-0.3, -0.25) is 14.2 Å². The predicted octanol–water partition coefficient (Wildman–Crippen LogP) is 4.80. The van der Waals surface area contributed by atoms with Gasteiger partial charge in [-0.25, -0.2) is 0 Å². The fraction of sp³-hybridized carbons (Fsp3) is 0.240. The lowest BCUT2D eigenvalue weighted by Crippen LogP contribution is -2.24. The minimum Gasteiger partial charge on any atom is -0.478 e. The zero-order valence-corrected chi connectivity index (χ0v) is 18.9. The number of fused-ring (bicyclic) bond motifs is 1. The van der Waals surface area contributed by atoms with Crippen molar-refractivity contribution in [1.29, 1.82) is 0 Å². The second kappa shape index (κ2) is 9.46. The van der Waals surface area contributed by atoms with Crippen LogP contribution in [0.1, 0.15) is 26.8 Å². The van der Waals surface area contributed by atoms with Gasteiger partial charge in [-0.1, -0.05) is 0 Å². The number of nitrogens with zero attached hydrogens (tertiary/aromatic N) is 3. The monoisotopic (exact) mass is 467 g/mol. The zero-order valence-electron chi connectivity index (χ0n) is 18.9. The van der Waals surface area contributed by atoms with E-state index in [-0.39, 0.29) is 22.9 Å². The fourth-order valence-corrected chi connectivity index (χ4v) is 3.69. The highest BCUT2D eigenvalue weighted by Crippen LogP contribution is 2.25. The molecule has 0 atom stereocenters. The van der Waals surface area contributed by atoms with Crippen LogP contribution in [0.15, 0.2) is 70.4 Å². The Kier molecular flexibility index (Phi) is 6.45. The third-order valence-corrected chi connectivity index (χ3v) is 5.24. The van der Waals surface area contributed by atoms with Gasteiger partial charge in [0.2, 0.25) is 5.88 Å². The van der Waals surface area contributed by atoms with Crippen LogP contribution in [-0.4, -0.2) is 27.3 Å². The molecule has 0 saturated heterocycles. The van der Waals surface area contributed by atoms with Crippen molar-refractivity contribution in [2.45, 2.75) is 33.4 Å². The second-order valence-corrected chi connectivity index (χ2v) is 7.82. The number of pyridine rings is 3. The Morgan fingerprint density at radius 3 is 2.38 bits per heavy atom. The van der Waals surface area contributed by atoms with E-state index in [1.165, 1.54) is 34.9 Å². The van der Waals surface area contributed by atoms with Crippen molar-refractivity contribution < 1.29 is 18.3 Å². The lowest BCUT2D eigenvalue weighted by atomic mass is 10.1. The highest BCUT2D eigenvalue weighted by molar-refractivity contribution is 5.83. The van der Waals surface area contributed by atoms with Crippen LogP contribution < -0.4 is 20.6 Å². The van der Waals surface area contributed by atoms with Crippen molar-refractivity contribution in [3.8, 4) is 28.4 Å². The van der Waals surface area contributed by atoms with Gasteiger partial charge in [-0.15, -0.1) is 0 Å². The molecule has 0 unspecified atom stereocenters. The number of hydrogen-bond donors (Lipinski definition) is 0. The van der Waals surface area contributed by atoms with Crippen LogP contribution in [-0.2, 0) is 0 Å². The molecule has 4 rings (SSSR count). The molecule has 9 heteroatoms. The number of halogens is 2. The summed E-state index contributed by atoms with van der Waals surface area (Å²) in [4.78, 5) is 30.5. The van der Waals surface area contributed by atoms with Gasteiger partial charge in [0.1, 0.15) is 5.75 Å². The Morgan fingerprint density at radius 1 is 1.00 bits per heavy atom. The molecule has 0 bridgehead atoms. The van der Waals surface area contributed by atoms with Gasteiger partial charge in [0, 0.05) is 40.9 Å². The van der Waals surface area contributed by atoms with Crippen molar-refractivity contribution in [3.63, 3.8) is 0 Å². The zero-order chi connectivity index (χ0) is 24.4. The molecule has 7 nitrogen and oxygen atoms in total. The maximum atomic E-state index is 13.7. The van der Waals surface area contributed by atoms with E-state index >= 15 is 0 Å². The van der Waals surface area contributed by atoms with Gasteiger partial charge in [0.25, 0.3) is 11.1 Å². The Hall–Kier alpha value is -4.01. The Morgan fingerprint density at radius 2 is 1.74 bits per heavy atom. The summed E-state index contributed by atoms with van der Waals surface area (Å²) in [6.45, 7) is 3.03. The summed E-state index contributed by atoms with van der Waals surface area (Å²) in [7, 11) is 0. The predicted molar refractivity (Wildman–Crippen MR) is 125 cm³/mol. The smallest absolute Gasteiger partial charge is 0.387 e. The van der Waals surface area contributed by atoms with Gasteiger partial charge in [0.15, 0.2) is 5.65 Å². The molecule has 0 radical (unpaired) electrons. The van der Waals surface area contributed by atoms with Gasteiger partial charge >= 0.3 is 6.61 Å². The van der Waals surface area contributed by atoms with E-state index in [1.807, 2.05) is 20.8 Å². The van der Waals surface area contributed by atoms with Crippen molar-refractivity contribution in [3.05, 3.63) is 81.5 Å². The topological polar surface area (TPSA) is 75.3 Å². The highest BCUT2D eigenvalue weighted by atomic mass is 19.3. The number of ether oxygens (including phenoxy) is 2. The molecule has 3 aromatic heterocycles. The number of rotatable bonds is 7. The molecule has 0 aliphatic rings. The molecular weight excluding hydrogens is 444 g/mol. The molecular formula is C25H23F2N3O4. The SMILES string of the molecule is CCOc1ccc2cc(-c3ccc(=O)n(C(C)C)c3)c(=O)n(-c3ccc(OC(F)F)cc3)c2n1. The molecule has 0 N–H and O–H groups in total. The van der Waals surface area contributed by atoms with Crippen LogP contribution in [0, 0.1) is 0 Å². The van der Waals surface area contributed by atoms with E-state index in [4.69, 9.17) is 4.74 Å². The average Bonchev–Trinajstić information content (AvgIpc) is 2.80. The van der Waals surface area contributed by atoms with Crippen LogP contribution in [0.3, 0.4) is 0 Å². The quantitative estimate of drug-likeness (QED) is 0.391. The van der Waals surface area contributed by atoms with E-state index in [0.717, 1.165) is 0 Å². The van der Waals surface area contributed by atoms with Crippen LogP contribution in [0.2, 0.25) is 0 Å². The number of aromatic nitrogens is 3. The third kappa shape index (κ3) is 4.54. The summed E-state index contributed by atoms with van der Waals surface area (Å²) in [5, 5.41) is 0.660. The Labute approximate surface area is 193 Å². The first-order chi connectivity index (χ1) is 16.3. The van der Waals surface area contributed by atoms with Gasteiger partial charge in [0.05, 0.1) is 12.3 Å². The highest BCUT2D eigenvalue weighted by Gasteiger charge is 2.16. The maximum Gasteiger partial charge on any atom is 0.387 e. The second-order valence-electron chi connectivity index (χ2n) is 7.82. The molecule has 0 spiro atoms. The van der Waals surface area contributed by atoms with E-state index < -0.39 is 6.61 Å². The van der Waals surface area contributed by atoms with Crippen molar-refractivity contribution in [1.82, 2.24) is 14.1 Å². The first-order valence-corrected chi connectivity index (χ1v) is 10.8. The summed E-state index contributed by atoms with van der Waals surface area (Å²) in [5.74, 6) is 0.321. The largest absolute Gasteiger partial charge is 0.478 e. The molecule has 0 amide bonds. The third-order valence-electron chi connectivity index (χ3n) is 5.24. The summed E-state index contributed by atoms with van der Waals surface area (Å²) in [6.07, 6.45) is 1.65. The van der Waals surface area contributed by atoms with Crippen LogP contribution in [0.25, 0.3) is 27.8 Å². The van der Waals surface area contributed by atoms with Gasteiger partial charge in [-0.05, 0) is 63.2 Å². The lowest BCUT2D eigenvalue weighted by Gasteiger charge is -2.15.